The van der Waals surface area contributed by atoms with E-state index >= 15 is 0 Å². The van der Waals surface area contributed by atoms with Gasteiger partial charge >= 0.3 is 0 Å². The van der Waals surface area contributed by atoms with Crippen LogP contribution < -0.4 is 0 Å². The number of H-pyrrole nitrogens is 1. The molecule has 2 heterocycles. The van der Waals surface area contributed by atoms with Gasteiger partial charge in [0.05, 0.1) is 11.2 Å². The molecule has 0 fully saturated rings. The highest BCUT2D eigenvalue weighted by Crippen LogP contribution is 2.41. The van der Waals surface area contributed by atoms with Gasteiger partial charge in [-0.1, -0.05) is 0 Å². The summed E-state index contributed by atoms with van der Waals surface area (Å²) in [5.74, 6) is 0. The van der Waals surface area contributed by atoms with Crippen LogP contribution in [0.3, 0.4) is 0 Å². The molecule has 0 radical (unpaired) electrons. The highest BCUT2D eigenvalue weighted by molar-refractivity contribution is 6.08. The number of hydrogen-bond acceptors (Lipinski definition) is 3. The van der Waals surface area contributed by atoms with E-state index in [9.17, 15) is 0 Å². The van der Waals surface area contributed by atoms with E-state index in [1.807, 2.05) is 30.5 Å². The molecule has 1 aromatic heterocycles. The molecular weight excluding hydrogens is 188 g/mol. The Morgan fingerprint density at radius 3 is 3.07 bits per heavy atom. The smallest absolute Gasteiger partial charge is 0.104 e. The number of hydrogen-bond donors (Lipinski definition) is 2. The second-order valence-electron chi connectivity index (χ2n) is 3.32. The van der Waals surface area contributed by atoms with E-state index in [2.05, 4.69) is 15.1 Å². The predicted octanol–water partition coefficient (Wildman–Crippen LogP) is 3.33. The van der Waals surface area contributed by atoms with Crippen molar-refractivity contribution in [2.24, 2.45) is 5.11 Å². The zero-order valence-corrected chi connectivity index (χ0v) is 7.86. The van der Waals surface area contributed by atoms with E-state index in [0.29, 0.717) is 5.69 Å². The van der Waals surface area contributed by atoms with Gasteiger partial charge in [0.25, 0.3) is 0 Å². The summed E-state index contributed by atoms with van der Waals surface area (Å²) in [6, 6.07) is 7.64. The monoisotopic (exact) mass is 196 g/mol. The molecule has 1 aliphatic heterocycles. The number of aromatic amines is 1. The lowest BCUT2D eigenvalue weighted by Crippen LogP contribution is -1.80. The fourth-order valence-corrected chi connectivity index (χ4v) is 1.89. The van der Waals surface area contributed by atoms with Gasteiger partial charge in [-0.05, 0) is 24.3 Å². The number of nitrogens with one attached hydrogen (secondary N) is 2. The molecule has 15 heavy (non-hydrogen) atoms. The second kappa shape index (κ2) is 2.88. The van der Waals surface area contributed by atoms with E-state index in [1.54, 1.807) is 6.20 Å². The van der Waals surface area contributed by atoms with E-state index in [0.717, 1.165) is 22.2 Å². The first-order valence-corrected chi connectivity index (χ1v) is 4.63. The average molecular weight is 196 g/mol. The Hall–Kier alpha value is -2.23. The molecule has 1 aromatic rings. The molecule has 1 aliphatic carbocycles. The maximum atomic E-state index is 7.21. The molecule has 0 unspecified atom stereocenters. The summed E-state index contributed by atoms with van der Waals surface area (Å²) in [7, 11) is 0. The second-order valence-corrected chi connectivity index (χ2v) is 3.32. The van der Waals surface area contributed by atoms with E-state index in [4.69, 9.17) is 5.53 Å². The largest absolute Gasteiger partial charge is 0.359 e. The molecule has 72 valence electrons. The SMILES string of the molecule is N=Nc1c2ccc[nH]c-2c2ncccc12. The zero-order chi connectivity index (χ0) is 10.3. The summed E-state index contributed by atoms with van der Waals surface area (Å²) in [5, 5.41) is 4.50. The summed E-state index contributed by atoms with van der Waals surface area (Å²) in [5.41, 5.74) is 10.7. The van der Waals surface area contributed by atoms with Crippen LogP contribution in [0.1, 0.15) is 0 Å². The lowest BCUT2D eigenvalue weighted by molar-refractivity contribution is 1.16. The third kappa shape index (κ3) is 0.985. The van der Waals surface area contributed by atoms with Crippen molar-refractivity contribution in [1.82, 2.24) is 9.97 Å². The summed E-state index contributed by atoms with van der Waals surface area (Å²) < 4.78 is 0. The quantitative estimate of drug-likeness (QED) is 0.576. The summed E-state index contributed by atoms with van der Waals surface area (Å²) in [6.07, 6.45) is 3.60. The molecule has 4 heteroatoms. The Kier molecular flexibility index (Phi) is 1.56. The van der Waals surface area contributed by atoms with E-state index in [-0.39, 0.29) is 0 Å². The molecule has 0 atom stereocenters. The lowest BCUT2D eigenvalue weighted by Gasteiger charge is -1.97. The van der Waals surface area contributed by atoms with Crippen molar-refractivity contribution in [3.05, 3.63) is 36.7 Å². The molecule has 0 saturated carbocycles. The number of aromatic nitrogens is 2. The summed E-state index contributed by atoms with van der Waals surface area (Å²) in [4.78, 5) is 7.45. The van der Waals surface area contributed by atoms with Gasteiger partial charge in [-0.2, -0.15) is 5.11 Å². The van der Waals surface area contributed by atoms with Crippen molar-refractivity contribution < 1.29 is 0 Å². The normalized spacial score (nSPS) is 10.9. The van der Waals surface area contributed by atoms with Crippen molar-refractivity contribution in [1.29, 1.82) is 5.53 Å². The number of rotatable bonds is 1. The Morgan fingerprint density at radius 2 is 2.20 bits per heavy atom. The van der Waals surface area contributed by atoms with Gasteiger partial charge in [-0.25, -0.2) is 5.53 Å². The van der Waals surface area contributed by atoms with Crippen LogP contribution in [0, 0.1) is 5.53 Å². The van der Waals surface area contributed by atoms with Crippen molar-refractivity contribution in [2.45, 2.75) is 0 Å². The molecule has 0 bridgehead atoms. The minimum Gasteiger partial charge on any atom is -0.359 e. The Labute approximate surface area is 85.8 Å². The van der Waals surface area contributed by atoms with Crippen LogP contribution in [0.4, 0.5) is 5.69 Å². The third-order valence-electron chi connectivity index (χ3n) is 2.52. The summed E-state index contributed by atoms with van der Waals surface area (Å²) in [6.45, 7) is 0. The predicted molar refractivity (Wildman–Crippen MR) is 57.5 cm³/mol. The van der Waals surface area contributed by atoms with Crippen molar-refractivity contribution in [3.63, 3.8) is 0 Å². The molecule has 2 N–H and O–H groups in total. The highest BCUT2D eigenvalue weighted by atomic mass is 15.0. The van der Waals surface area contributed by atoms with Gasteiger partial charge in [-0.3, -0.25) is 4.98 Å². The van der Waals surface area contributed by atoms with Crippen LogP contribution >= 0.6 is 0 Å². The van der Waals surface area contributed by atoms with Crippen LogP contribution in [0.2, 0.25) is 0 Å². The van der Waals surface area contributed by atoms with Gasteiger partial charge < -0.3 is 4.98 Å². The van der Waals surface area contributed by atoms with Crippen LogP contribution in [0.5, 0.6) is 0 Å². The first-order valence-electron chi connectivity index (χ1n) is 4.63. The molecule has 0 amide bonds. The van der Waals surface area contributed by atoms with Crippen molar-refractivity contribution in [3.8, 4) is 11.3 Å². The molecule has 4 nitrogen and oxygen atoms in total. The zero-order valence-electron chi connectivity index (χ0n) is 7.86. The van der Waals surface area contributed by atoms with Crippen LogP contribution in [-0.2, 0) is 0 Å². The van der Waals surface area contributed by atoms with Gasteiger partial charge in [0.2, 0.25) is 0 Å². The molecule has 2 aliphatic rings. The van der Waals surface area contributed by atoms with E-state index in [1.165, 1.54) is 0 Å². The first kappa shape index (κ1) is 8.11. The fraction of sp³-hybridized carbons (Fsp3) is 0. The molecule has 0 saturated heterocycles. The first-order chi connectivity index (χ1) is 7.42. The fourth-order valence-electron chi connectivity index (χ4n) is 1.89. The number of fused-ring (bicyclic) bond motifs is 3. The van der Waals surface area contributed by atoms with Gasteiger partial charge in [0.15, 0.2) is 0 Å². The molecule has 3 rings (SSSR count). The highest BCUT2D eigenvalue weighted by Gasteiger charge is 2.17. The minimum atomic E-state index is 0.685. The third-order valence-corrected chi connectivity index (χ3v) is 2.52. The van der Waals surface area contributed by atoms with Crippen LogP contribution in [-0.4, -0.2) is 9.97 Å². The van der Waals surface area contributed by atoms with Gasteiger partial charge in [0.1, 0.15) is 5.69 Å². The van der Waals surface area contributed by atoms with Gasteiger partial charge in [-0.15, -0.1) is 0 Å². The maximum Gasteiger partial charge on any atom is 0.104 e. The van der Waals surface area contributed by atoms with Crippen LogP contribution in [0.15, 0.2) is 41.8 Å². The minimum absolute atomic E-state index is 0.685. The summed E-state index contributed by atoms with van der Waals surface area (Å²) >= 11 is 0. The lowest BCUT2D eigenvalue weighted by atomic mass is 10.2. The maximum absolute atomic E-state index is 7.21. The molecule has 0 aromatic carbocycles. The molecular formula is C11H8N4. The average Bonchev–Trinajstić information content (AvgIpc) is 2.63. The Balaban J connectivity index is 2.60. The topological polar surface area (TPSA) is 64.9 Å². The van der Waals surface area contributed by atoms with E-state index < -0.39 is 0 Å². The Bertz CT molecular complexity index is 611. The molecule has 0 spiro atoms. The van der Waals surface area contributed by atoms with Gasteiger partial charge in [0, 0.05) is 23.3 Å². The van der Waals surface area contributed by atoms with Crippen molar-refractivity contribution in [2.75, 3.05) is 0 Å². The number of nitrogens with zero attached hydrogens (tertiary/aromatic N) is 2. The number of pyridine rings is 2. The standard InChI is InChI=1S/C11H8N4/c12-15-9-7-3-1-5-13-10(7)11-8(9)4-2-6-14-11/h1-6,12-13H. The van der Waals surface area contributed by atoms with Crippen molar-refractivity contribution >= 4 is 16.6 Å². The Morgan fingerprint density at radius 1 is 1.27 bits per heavy atom. The van der Waals surface area contributed by atoms with Crippen LogP contribution in [0.25, 0.3) is 22.2 Å².